The minimum atomic E-state index is -0.542. The number of hydrogen-bond donors (Lipinski definition) is 0. The van der Waals surface area contributed by atoms with Crippen molar-refractivity contribution >= 4 is 11.9 Å². The van der Waals surface area contributed by atoms with Crippen LogP contribution in [0.5, 0.6) is 0 Å². The van der Waals surface area contributed by atoms with Crippen LogP contribution in [0.3, 0.4) is 0 Å². The molecule has 0 amide bonds. The molecule has 30 heavy (non-hydrogen) atoms. The van der Waals surface area contributed by atoms with Gasteiger partial charge in [0.05, 0.1) is 29.9 Å². The van der Waals surface area contributed by atoms with E-state index in [2.05, 4.69) is 6.92 Å². The Morgan fingerprint density at radius 2 is 1.40 bits per heavy atom. The Bertz CT molecular complexity index is 633. The highest BCUT2D eigenvalue weighted by atomic mass is 16.6. The van der Waals surface area contributed by atoms with E-state index in [1.165, 1.54) is 38.5 Å². The largest absolute Gasteiger partial charge is 0.462 e. The number of unbranched alkanes of at least 4 members (excludes halogenated alkanes) is 7. The predicted octanol–water partition coefficient (Wildman–Crippen LogP) is 6.34. The van der Waals surface area contributed by atoms with E-state index in [1.54, 1.807) is 31.2 Å². The van der Waals surface area contributed by atoms with E-state index in [4.69, 9.17) is 14.2 Å². The van der Waals surface area contributed by atoms with Crippen molar-refractivity contribution in [1.82, 2.24) is 0 Å². The molecule has 0 fully saturated rings. The van der Waals surface area contributed by atoms with E-state index in [9.17, 15) is 9.59 Å². The van der Waals surface area contributed by atoms with E-state index < -0.39 is 18.0 Å². The Kier molecular flexibility index (Phi) is 12.4. The van der Waals surface area contributed by atoms with Crippen molar-refractivity contribution in [2.45, 2.75) is 97.7 Å². The highest BCUT2D eigenvalue weighted by molar-refractivity contribution is 6.03. The summed E-state index contributed by atoms with van der Waals surface area (Å²) in [5, 5.41) is 0. The second kappa shape index (κ2) is 14.2. The van der Waals surface area contributed by atoms with Crippen LogP contribution in [0.25, 0.3) is 0 Å². The Hall–Kier alpha value is -1.88. The molecule has 0 saturated heterocycles. The summed E-state index contributed by atoms with van der Waals surface area (Å²) in [5.74, 6) is -1.02. The van der Waals surface area contributed by atoms with Gasteiger partial charge < -0.3 is 14.2 Å². The van der Waals surface area contributed by atoms with Crippen LogP contribution in [0, 0.1) is 0 Å². The van der Waals surface area contributed by atoms with Crippen molar-refractivity contribution in [1.29, 1.82) is 0 Å². The van der Waals surface area contributed by atoms with Gasteiger partial charge in [0.25, 0.3) is 0 Å². The van der Waals surface area contributed by atoms with Crippen molar-refractivity contribution in [3.05, 3.63) is 35.4 Å². The standard InChI is InChI=1S/C25H40O5/c1-6-7-8-9-10-11-12-15-18-28-23(26)21-16-13-14-17-22(21)24(27)30-20(2)19-29-25(3,4)5/h13-14,16-17,20H,6-12,15,18-19H2,1-5H3. The van der Waals surface area contributed by atoms with Gasteiger partial charge in [-0.25, -0.2) is 9.59 Å². The molecular weight excluding hydrogens is 380 g/mol. The summed E-state index contributed by atoms with van der Waals surface area (Å²) in [6.45, 7) is 10.5. The van der Waals surface area contributed by atoms with E-state index in [0.717, 1.165) is 12.8 Å². The van der Waals surface area contributed by atoms with Crippen LogP contribution >= 0.6 is 0 Å². The van der Waals surface area contributed by atoms with Crippen LogP contribution in [0.4, 0.5) is 0 Å². The molecule has 0 aliphatic rings. The third kappa shape index (κ3) is 11.3. The molecular formula is C25H40O5. The summed E-state index contributed by atoms with van der Waals surface area (Å²) in [4.78, 5) is 25.0. The Balaban J connectivity index is 2.44. The molecule has 0 aliphatic heterocycles. The molecule has 1 aromatic carbocycles. The molecule has 1 atom stereocenters. The molecule has 0 heterocycles. The van der Waals surface area contributed by atoms with Crippen LogP contribution in [0.1, 0.15) is 107 Å². The van der Waals surface area contributed by atoms with E-state index >= 15 is 0 Å². The van der Waals surface area contributed by atoms with Gasteiger partial charge in [0.1, 0.15) is 6.10 Å². The molecule has 0 saturated carbocycles. The lowest BCUT2D eigenvalue weighted by atomic mass is 10.1. The highest BCUT2D eigenvalue weighted by Gasteiger charge is 2.21. The fraction of sp³-hybridized carbons (Fsp3) is 0.680. The first-order chi connectivity index (χ1) is 14.2. The van der Waals surface area contributed by atoms with Crippen LogP contribution in [0.15, 0.2) is 24.3 Å². The van der Waals surface area contributed by atoms with Gasteiger partial charge in [0.15, 0.2) is 0 Å². The second-order valence-corrected chi connectivity index (χ2v) is 8.80. The zero-order valence-electron chi connectivity index (χ0n) is 19.5. The fourth-order valence-corrected chi connectivity index (χ4v) is 2.97. The summed E-state index contributed by atoms with van der Waals surface area (Å²) in [6.07, 6.45) is 9.02. The molecule has 1 aromatic rings. The first-order valence-electron chi connectivity index (χ1n) is 11.4. The van der Waals surface area contributed by atoms with Gasteiger partial charge in [-0.05, 0) is 46.2 Å². The zero-order valence-corrected chi connectivity index (χ0v) is 19.5. The molecule has 5 nitrogen and oxygen atoms in total. The zero-order chi connectivity index (χ0) is 22.4. The molecule has 0 N–H and O–H groups in total. The molecule has 170 valence electrons. The first kappa shape index (κ1) is 26.2. The molecule has 1 rings (SSSR count). The average Bonchev–Trinajstić information content (AvgIpc) is 2.70. The molecule has 0 bridgehead atoms. The number of ether oxygens (including phenoxy) is 3. The topological polar surface area (TPSA) is 61.8 Å². The van der Waals surface area contributed by atoms with E-state index in [0.29, 0.717) is 13.2 Å². The third-order valence-electron chi connectivity index (χ3n) is 4.66. The summed E-state index contributed by atoms with van der Waals surface area (Å²) in [6, 6.07) is 6.62. The quantitative estimate of drug-likeness (QED) is 0.259. The minimum Gasteiger partial charge on any atom is -0.462 e. The number of benzene rings is 1. The van der Waals surface area contributed by atoms with Gasteiger partial charge in [-0.2, -0.15) is 0 Å². The molecule has 0 aromatic heterocycles. The van der Waals surface area contributed by atoms with Crippen molar-refractivity contribution in [3.63, 3.8) is 0 Å². The maximum absolute atomic E-state index is 12.5. The SMILES string of the molecule is CCCCCCCCCCOC(=O)c1ccccc1C(=O)OC(C)COC(C)(C)C. The minimum absolute atomic E-state index is 0.223. The Morgan fingerprint density at radius 3 is 1.97 bits per heavy atom. The monoisotopic (exact) mass is 420 g/mol. The lowest BCUT2D eigenvalue weighted by Gasteiger charge is -2.22. The fourth-order valence-electron chi connectivity index (χ4n) is 2.97. The van der Waals surface area contributed by atoms with Gasteiger partial charge in [-0.15, -0.1) is 0 Å². The van der Waals surface area contributed by atoms with Crippen LogP contribution in [-0.4, -0.2) is 36.9 Å². The molecule has 0 aliphatic carbocycles. The number of carbonyl (C=O) groups excluding carboxylic acids is 2. The average molecular weight is 421 g/mol. The Morgan fingerprint density at radius 1 is 0.867 bits per heavy atom. The smallest absolute Gasteiger partial charge is 0.339 e. The van der Waals surface area contributed by atoms with Gasteiger partial charge in [-0.1, -0.05) is 64.0 Å². The maximum atomic E-state index is 12.5. The number of hydrogen-bond acceptors (Lipinski definition) is 5. The lowest BCUT2D eigenvalue weighted by Crippen LogP contribution is -2.28. The maximum Gasteiger partial charge on any atom is 0.339 e. The van der Waals surface area contributed by atoms with Crippen molar-refractivity contribution < 1.29 is 23.8 Å². The molecule has 5 heteroatoms. The molecule has 1 unspecified atom stereocenters. The Labute approximate surface area is 182 Å². The van der Waals surface area contributed by atoms with Crippen LogP contribution < -0.4 is 0 Å². The number of esters is 2. The van der Waals surface area contributed by atoms with Crippen molar-refractivity contribution in [2.75, 3.05) is 13.2 Å². The van der Waals surface area contributed by atoms with Gasteiger partial charge in [0.2, 0.25) is 0 Å². The van der Waals surface area contributed by atoms with Crippen molar-refractivity contribution in [3.8, 4) is 0 Å². The summed E-state index contributed by atoms with van der Waals surface area (Å²) >= 11 is 0. The second-order valence-electron chi connectivity index (χ2n) is 8.80. The van der Waals surface area contributed by atoms with Gasteiger partial charge >= 0.3 is 11.9 Å². The van der Waals surface area contributed by atoms with Crippen LogP contribution in [0.2, 0.25) is 0 Å². The summed E-state index contributed by atoms with van der Waals surface area (Å²) in [5.41, 5.74) is 0.157. The predicted molar refractivity (Wildman–Crippen MR) is 120 cm³/mol. The lowest BCUT2D eigenvalue weighted by molar-refractivity contribution is -0.0531. The molecule has 0 radical (unpaired) electrons. The van der Waals surface area contributed by atoms with Gasteiger partial charge in [-0.3, -0.25) is 0 Å². The van der Waals surface area contributed by atoms with E-state index in [-0.39, 0.29) is 16.7 Å². The summed E-state index contributed by atoms with van der Waals surface area (Å²) in [7, 11) is 0. The summed E-state index contributed by atoms with van der Waals surface area (Å²) < 4.78 is 16.5. The first-order valence-corrected chi connectivity index (χ1v) is 11.4. The highest BCUT2D eigenvalue weighted by Crippen LogP contribution is 2.15. The van der Waals surface area contributed by atoms with Crippen molar-refractivity contribution in [2.24, 2.45) is 0 Å². The van der Waals surface area contributed by atoms with Crippen LogP contribution in [-0.2, 0) is 14.2 Å². The third-order valence-corrected chi connectivity index (χ3v) is 4.66. The normalized spacial score (nSPS) is 12.4. The molecule has 0 spiro atoms. The van der Waals surface area contributed by atoms with E-state index in [1.807, 2.05) is 20.8 Å². The number of carbonyl (C=O) groups is 2. The van der Waals surface area contributed by atoms with Gasteiger partial charge in [0, 0.05) is 0 Å². The number of rotatable bonds is 14.